The van der Waals surface area contributed by atoms with Crippen molar-refractivity contribution in [3.05, 3.63) is 85.9 Å². The van der Waals surface area contributed by atoms with Crippen LogP contribution in [-0.4, -0.2) is 35.1 Å². The van der Waals surface area contributed by atoms with Crippen LogP contribution in [0.4, 0.5) is 5.69 Å². The van der Waals surface area contributed by atoms with Crippen molar-refractivity contribution < 1.29 is 0 Å². The molecule has 0 bridgehead atoms. The van der Waals surface area contributed by atoms with Crippen LogP contribution in [0.2, 0.25) is 0 Å². The van der Waals surface area contributed by atoms with E-state index in [1.54, 1.807) is 6.20 Å². The molecule has 36 heavy (non-hydrogen) atoms. The molecular weight excluding hydrogens is 448 g/mol. The Balaban J connectivity index is 1.28. The molecule has 7 rings (SSSR count). The van der Waals surface area contributed by atoms with Crippen LogP contribution in [0.1, 0.15) is 12.8 Å². The normalized spacial score (nSPS) is 13.3. The number of pyridine rings is 4. The van der Waals surface area contributed by atoms with E-state index < -0.39 is 0 Å². The minimum Gasteiger partial charge on any atom is -0.358 e. The van der Waals surface area contributed by atoms with E-state index in [1.165, 1.54) is 12.8 Å². The highest BCUT2D eigenvalue weighted by Gasteiger charge is 2.24. The lowest BCUT2D eigenvalue weighted by atomic mass is 10.1. The van der Waals surface area contributed by atoms with Crippen molar-refractivity contribution in [3.63, 3.8) is 0 Å². The van der Waals surface area contributed by atoms with Gasteiger partial charge in [0.1, 0.15) is 5.69 Å². The zero-order chi connectivity index (χ0) is 24.1. The first-order valence-electron chi connectivity index (χ1n) is 11.9. The van der Waals surface area contributed by atoms with Crippen LogP contribution >= 0.6 is 0 Å². The predicted molar refractivity (Wildman–Crippen MR) is 141 cm³/mol. The van der Waals surface area contributed by atoms with Gasteiger partial charge in [-0.1, -0.05) is 6.58 Å². The number of hydrogen-bond donors (Lipinski definition) is 3. The van der Waals surface area contributed by atoms with Crippen molar-refractivity contribution in [1.29, 1.82) is 0 Å². The standard InChI is InChI=1S/C28H22N8/c1-16(17-4-5-17)33-20-9-19(13-30-14-20)24-10-22-26(15-32-24)35-36-28(22)25-11-21-23(34-25)6-8-31-27(21)18-3-2-7-29-12-18/h2-3,6-15,17,33-34H,1,4-5H2,(H,35,36). The van der Waals surface area contributed by atoms with E-state index in [2.05, 4.69) is 65.2 Å². The number of hydrogen-bond acceptors (Lipinski definition) is 6. The summed E-state index contributed by atoms with van der Waals surface area (Å²) in [6.07, 6.45) is 13.3. The van der Waals surface area contributed by atoms with Gasteiger partial charge in [0.05, 0.1) is 40.7 Å². The largest absolute Gasteiger partial charge is 0.358 e. The Labute approximate surface area is 206 Å². The molecule has 0 spiro atoms. The van der Waals surface area contributed by atoms with E-state index in [-0.39, 0.29) is 0 Å². The maximum absolute atomic E-state index is 4.66. The lowest BCUT2D eigenvalue weighted by Gasteiger charge is -2.09. The fraction of sp³-hybridized carbons (Fsp3) is 0.107. The Morgan fingerprint density at radius 3 is 2.61 bits per heavy atom. The summed E-state index contributed by atoms with van der Waals surface area (Å²) in [6, 6.07) is 12.1. The fourth-order valence-electron chi connectivity index (χ4n) is 4.56. The smallest absolute Gasteiger partial charge is 0.116 e. The number of rotatable bonds is 6. The van der Waals surface area contributed by atoms with Crippen molar-refractivity contribution in [2.45, 2.75) is 12.8 Å². The number of allylic oxidation sites excluding steroid dienone is 1. The maximum atomic E-state index is 4.66. The van der Waals surface area contributed by atoms with Gasteiger partial charge in [-0.2, -0.15) is 5.10 Å². The number of aromatic amines is 2. The molecular formula is C28H22N8. The van der Waals surface area contributed by atoms with Gasteiger partial charge in [-0.3, -0.25) is 25.0 Å². The number of H-pyrrole nitrogens is 2. The minimum atomic E-state index is 0.571. The Kier molecular flexibility index (Phi) is 4.63. The van der Waals surface area contributed by atoms with E-state index >= 15 is 0 Å². The molecule has 0 aromatic carbocycles. The van der Waals surface area contributed by atoms with Gasteiger partial charge in [0, 0.05) is 57.9 Å². The number of anilines is 1. The molecule has 0 atom stereocenters. The average molecular weight is 471 g/mol. The number of aromatic nitrogens is 7. The SMILES string of the molecule is C=C(Nc1cncc(-c2cc3c(-c4cc5c(-c6cccnc6)nccc5[nH]4)n[nH]c3cn2)c1)C1CC1. The summed E-state index contributed by atoms with van der Waals surface area (Å²) >= 11 is 0. The van der Waals surface area contributed by atoms with Crippen molar-refractivity contribution in [2.24, 2.45) is 5.92 Å². The summed E-state index contributed by atoms with van der Waals surface area (Å²) < 4.78 is 0. The Hall–Kier alpha value is -4.85. The van der Waals surface area contributed by atoms with Gasteiger partial charge in [-0.15, -0.1) is 0 Å². The van der Waals surface area contributed by atoms with E-state index in [0.717, 1.165) is 67.1 Å². The second-order valence-electron chi connectivity index (χ2n) is 9.12. The quantitative estimate of drug-likeness (QED) is 0.277. The van der Waals surface area contributed by atoms with Gasteiger partial charge in [0.2, 0.25) is 0 Å². The Morgan fingerprint density at radius 1 is 0.861 bits per heavy atom. The summed E-state index contributed by atoms with van der Waals surface area (Å²) in [5, 5.41) is 13.1. The molecule has 0 unspecified atom stereocenters. The summed E-state index contributed by atoms with van der Waals surface area (Å²) in [7, 11) is 0. The molecule has 0 aliphatic heterocycles. The highest BCUT2D eigenvalue weighted by Crippen LogP contribution is 2.37. The van der Waals surface area contributed by atoms with Gasteiger partial charge in [-0.05, 0) is 55.2 Å². The van der Waals surface area contributed by atoms with E-state index in [0.29, 0.717) is 5.92 Å². The fourth-order valence-corrected chi connectivity index (χ4v) is 4.56. The van der Waals surface area contributed by atoms with Crippen molar-refractivity contribution in [2.75, 3.05) is 5.32 Å². The first-order valence-corrected chi connectivity index (χ1v) is 11.9. The average Bonchev–Trinajstić information content (AvgIpc) is 3.55. The zero-order valence-electron chi connectivity index (χ0n) is 19.4. The Morgan fingerprint density at radius 2 is 1.75 bits per heavy atom. The van der Waals surface area contributed by atoms with Gasteiger partial charge in [-0.25, -0.2) is 0 Å². The van der Waals surface area contributed by atoms with Crippen LogP contribution in [0.25, 0.3) is 55.7 Å². The number of nitrogens with zero attached hydrogens (tertiary/aromatic N) is 5. The summed E-state index contributed by atoms with van der Waals surface area (Å²) in [4.78, 5) is 21.5. The highest BCUT2D eigenvalue weighted by atomic mass is 15.1. The second kappa shape index (κ2) is 8.13. The van der Waals surface area contributed by atoms with E-state index in [9.17, 15) is 0 Å². The molecule has 0 amide bonds. The second-order valence-corrected chi connectivity index (χ2v) is 9.12. The monoisotopic (exact) mass is 470 g/mol. The molecule has 6 aromatic heterocycles. The molecule has 174 valence electrons. The molecule has 3 N–H and O–H groups in total. The van der Waals surface area contributed by atoms with Crippen LogP contribution in [0.15, 0.2) is 85.9 Å². The molecule has 0 saturated heterocycles. The van der Waals surface area contributed by atoms with Crippen molar-refractivity contribution in [3.8, 4) is 33.9 Å². The molecule has 0 radical (unpaired) electrons. The first kappa shape index (κ1) is 20.5. The molecule has 1 aliphatic carbocycles. The molecule has 6 aromatic rings. The third-order valence-corrected chi connectivity index (χ3v) is 6.59. The van der Waals surface area contributed by atoms with Crippen LogP contribution in [0.3, 0.4) is 0 Å². The number of fused-ring (bicyclic) bond motifs is 2. The molecule has 8 nitrogen and oxygen atoms in total. The predicted octanol–water partition coefficient (Wildman–Crippen LogP) is 5.96. The van der Waals surface area contributed by atoms with Gasteiger partial charge in [0.15, 0.2) is 0 Å². The topological polar surface area (TPSA) is 108 Å². The molecule has 8 heteroatoms. The summed E-state index contributed by atoms with van der Waals surface area (Å²) in [6.45, 7) is 4.16. The van der Waals surface area contributed by atoms with Gasteiger partial charge >= 0.3 is 0 Å². The molecule has 1 saturated carbocycles. The lowest BCUT2D eigenvalue weighted by Crippen LogP contribution is -2.00. The van der Waals surface area contributed by atoms with Gasteiger partial charge < -0.3 is 10.3 Å². The molecule has 6 heterocycles. The summed E-state index contributed by atoms with van der Waals surface area (Å²) in [5.74, 6) is 0.571. The molecule has 1 aliphatic rings. The van der Waals surface area contributed by atoms with Crippen LogP contribution in [-0.2, 0) is 0 Å². The minimum absolute atomic E-state index is 0.571. The first-order chi connectivity index (χ1) is 17.7. The maximum Gasteiger partial charge on any atom is 0.116 e. The van der Waals surface area contributed by atoms with Crippen LogP contribution in [0.5, 0.6) is 0 Å². The van der Waals surface area contributed by atoms with Gasteiger partial charge in [0.25, 0.3) is 0 Å². The third kappa shape index (κ3) is 3.60. The number of nitrogens with one attached hydrogen (secondary N) is 3. The van der Waals surface area contributed by atoms with E-state index in [4.69, 9.17) is 0 Å². The van der Waals surface area contributed by atoms with Crippen LogP contribution in [0, 0.1) is 5.92 Å². The third-order valence-electron chi connectivity index (χ3n) is 6.59. The van der Waals surface area contributed by atoms with Crippen molar-refractivity contribution in [1.82, 2.24) is 35.1 Å². The van der Waals surface area contributed by atoms with Crippen LogP contribution < -0.4 is 5.32 Å². The highest BCUT2D eigenvalue weighted by molar-refractivity contribution is 6.00. The van der Waals surface area contributed by atoms with E-state index in [1.807, 2.05) is 49.2 Å². The summed E-state index contributed by atoms with van der Waals surface area (Å²) in [5.41, 5.74) is 9.16. The Bertz CT molecular complexity index is 1740. The van der Waals surface area contributed by atoms with Crippen molar-refractivity contribution >= 4 is 27.5 Å². The zero-order valence-corrected chi connectivity index (χ0v) is 19.4. The lowest BCUT2D eigenvalue weighted by molar-refractivity contribution is 1.02. The molecule has 1 fully saturated rings.